The Balaban J connectivity index is 1.90. The Kier molecular flexibility index (Phi) is 4.02. The number of benzene rings is 2. The van der Waals surface area contributed by atoms with E-state index >= 15 is 0 Å². The molecule has 0 aromatic heterocycles. The highest BCUT2D eigenvalue weighted by Gasteiger charge is 2.40. The van der Waals surface area contributed by atoms with E-state index in [4.69, 9.17) is 4.84 Å². The van der Waals surface area contributed by atoms with Crippen LogP contribution in [0.25, 0.3) is 0 Å². The Morgan fingerprint density at radius 1 is 1.00 bits per heavy atom. The largest absolute Gasteiger partial charge is 0.419 e. The molecule has 134 valence electrons. The number of hydrogen-bond acceptors (Lipinski definition) is 4. The predicted octanol–water partition coefficient (Wildman–Crippen LogP) is 3.52. The van der Waals surface area contributed by atoms with Gasteiger partial charge in [-0.25, -0.2) is 9.18 Å². The molecule has 0 atom stereocenters. The van der Waals surface area contributed by atoms with Gasteiger partial charge in [0, 0.05) is 0 Å². The van der Waals surface area contributed by atoms with Gasteiger partial charge in [0.15, 0.2) is 0 Å². The summed E-state index contributed by atoms with van der Waals surface area (Å²) >= 11 is 0. The molecule has 0 spiro atoms. The maximum absolute atomic E-state index is 13.9. The maximum Gasteiger partial charge on any atom is 0.419 e. The van der Waals surface area contributed by atoms with E-state index in [-0.39, 0.29) is 16.2 Å². The lowest BCUT2D eigenvalue weighted by Gasteiger charge is -2.15. The van der Waals surface area contributed by atoms with Gasteiger partial charge in [0.25, 0.3) is 11.8 Å². The third kappa shape index (κ3) is 2.71. The smallest absolute Gasteiger partial charge is 0.324 e. The van der Waals surface area contributed by atoms with Gasteiger partial charge in [-0.1, -0.05) is 17.2 Å². The first-order chi connectivity index (χ1) is 12.1. The third-order valence-corrected chi connectivity index (χ3v) is 3.84. The highest BCUT2D eigenvalue weighted by Crippen LogP contribution is 2.33. The molecule has 2 amide bonds. The van der Waals surface area contributed by atoms with Crippen LogP contribution in [-0.2, 0) is 11.0 Å². The van der Waals surface area contributed by atoms with Crippen molar-refractivity contribution in [1.29, 1.82) is 0 Å². The monoisotopic (exact) mass is 367 g/mol. The second-order valence-corrected chi connectivity index (χ2v) is 5.43. The van der Waals surface area contributed by atoms with E-state index in [9.17, 15) is 31.9 Å². The fourth-order valence-corrected chi connectivity index (χ4v) is 2.51. The molecule has 0 saturated carbocycles. The van der Waals surface area contributed by atoms with E-state index in [0.717, 1.165) is 13.0 Å². The van der Waals surface area contributed by atoms with Crippen LogP contribution >= 0.6 is 0 Å². The van der Waals surface area contributed by atoms with Crippen LogP contribution in [-0.4, -0.2) is 22.8 Å². The summed E-state index contributed by atoms with van der Waals surface area (Å²) < 4.78 is 52.0. The summed E-state index contributed by atoms with van der Waals surface area (Å²) in [5.41, 5.74) is -2.65. The van der Waals surface area contributed by atoms with Gasteiger partial charge < -0.3 is 4.84 Å². The van der Waals surface area contributed by atoms with Gasteiger partial charge in [0.1, 0.15) is 5.82 Å². The van der Waals surface area contributed by atoms with Crippen LogP contribution in [0, 0.1) is 12.7 Å². The van der Waals surface area contributed by atoms with Crippen LogP contribution in [0.3, 0.4) is 0 Å². The molecule has 1 heterocycles. The summed E-state index contributed by atoms with van der Waals surface area (Å²) in [6.45, 7) is 0.962. The fourth-order valence-electron chi connectivity index (χ4n) is 2.51. The van der Waals surface area contributed by atoms with Crippen molar-refractivity contribution in [2.24, 2.45) is 0 Å². The molecule has 2 aromatic carbocycles. The zero-order valence-corrected chi connectivity index (χ0v) is 13.1. The lowest BCUT2D eigenvalue weighted by Crippen LogP contribution is -2.33. The maximum atomic E-state index is 13.9. The second-order valence-electron chi connectivity index (χ2n) is 5.43. The summed E-state index contributed by atoms with van der Waals surface area (Å²) in [7, 11) is 0. The molecule has 5 nitrogen and oxygen atoms in total. The molecule has 26 heavy (non-hydrogen) atoms. The topological polar surface area (TPSA) is 63.7 Å². The van der Waals surface area contributed by atoms with Gasteiger partial charge in [-0.3, -0.25) is 9.59 Å². The van der Waals surface area contributed by atoms with Crippen molar-refractivity contribution < 1.29 is 36.8 Å². The molecular formula is C17H9F4NO4. The molecule has 0 bridgehead atoms. The minimum absolute atomic E-state index is 0.0145. The van der Waals surface area contributed by atoms with Gasteiger partial charge in [-0.2, -0.15) is 13.2 Å². The van der Waals surface area contributed by atoms with E-state index in [1.165, 1.54) is 24.3 Å². The Hall–Kier alpha value is -3.23. The number of fused-ring (bicyclic) bond motifs is 1. The molecule has 0 saturated heterocycles. The Morgan fingerprint density at radius 2 is 1.54 bits per heavy atom. The third-order valence-electron chi connectivity index (χ3n) is 3.84. The van der Waals surface area contributed by atoms with Gasteiger partial charge in [0.05, 0.1) is 22.3 Å². The van der Waals surface area contributed by atoms with Gasteiger partial charge >= 0.3 is 12.1 Å². The minimum atomic E-state index is -4.93. The molecule has 0 radical (unpaired) electrons. The van der Waals surface area contributed by atoms with Crippen molar-refractivity contribution in [3.8, 4) is 0 Å². The first kappa shape index (κ1) is 17.6. The average Bonchev–Trinajstić information content (AvgIpc) is 2.81. The predicted molar refractivity (Wildman–Crippen MR) is 78.5 cm³/mol. The highest BCUT2D eigenvalue weighted by atomic mass is 19.4. The first-order valence-electron chi connectivity index (χ1n) is 7.19. The highest BCUT2D eigenvalue weighted by molar-refractivity contribution is 6.21. The van der Waals surface area contributed by atoms with E-state index in [2.05, 4.69) is 0 Å². The molecule has 0 aliphatic carbocycles. The number of imide groups is 1. The molecule has 9 heteroatoms. The Labute approximate surface area is 143 Å². The van der Waals surface area contributed by atoms with Crippen molar-refractivity contribution in [3.63, 3.8) is 0 Å². The fraction of sp³-hybridized carbons (Fsp3) is 0.118. The molecular weight excluding hydrogens is 358 g/mol. The van der Waals surface area contributed by atoms with Crippen molar-refractivity contribution in [2.75, 3.05) is 0 Å². The van der Waals surface area contributed by atoms with E-state index in [1.807, 2.05) is 0 Å². The zero-order valence-electron chi connectivity index (χ0n) is 13.1. The van der Waals surface area contributed by atoms with E-state index in [0.29, 0.717) is 6.07 Å². The Bertz CT molecular complexity index is 917. The van der Waals surface area contributed by atoms with Crippen LogP contribution in [0.5, 0.6) is 0 Å². The molecule has 0 N–H and O–H groups in total. The number of halogens is 4. The van der Waals surface area contributed by atoms with Gasteiger partial charge in [-0.05, 0) is 36.8 Å². The molecule has 0 unspecified atom stereocenters. The number of amides is 2. The van der Waals surface area contributed by atoms with Crippen molar-refractivity contribution in [2.45, 2.75) is 13.1 Å². The molecule has 2 aromatic rings. The van der Waals surface area contributed by atoms with Crippen molar-refractivity contribution in [1.82, 2.24) is 5.06 Å². The molecule has 1 aliphatic rings. The van der Waals surface area contributed by atoms with Gasteiger partial charge in [-0.15, -0.1) is 0 Å². The lowest BCUT2D eigenvalue weighted by atomic mass is 10.0. The standard InChI is InChI=1S/C17H9F4NO4/c1-8-9(6-7-12(13(8)18)17(19,20)21)16(25)26-22-14(23)10-4-2-3-5-11(10)15(22)24/h2-7H,1H3. The number of hydrogen-bond donors (Lipinski definition) is 0. The van der Waals surface area contributed by atoms with Crippen LogP contribution in [0.1, 0.15) is 42.2 Å². The minimum Gasteiger partial charge on any atom is -0.324 e. The van der Waals surface area contributed by atoms with Crippen molar-refractivity contribution in [3.05, 3.63) is 70.0 Å². The summed E-state index contributed by atoms with van der Waals surface area (Å²) in [5, 5.41) is 0.196. The summed E-state index contributed by atoms with van der Waals surface area (Å²) in [6, 6.07) is 6.83. The summed E-state index contributed by atoms with van der Waals surface area (Å²) in [4.78, 5) is 41.1. The Morgan fingerprint density at radius 3 is 2.04 bits per heavy atom. The lowest BCUT2D eigenvalue weighted by molar-refractivity contribution is -0.140. The summed E-state index contributed by atoms with van der Waals surface area (Å²) in [6.07, 6.45) is -4.93. The SMILES string of the molecule is Cc1c(C(=O)ON2C(=O)c3ccccc3C2=O)ccc(C(F)(F)F)c1F. The van der Waals surface area contributed by atoms with Gasteiger partial charge in [0.2, 0.25) is 0 Å². The number of alkyl halides is 3. The zero-order chi connectivity index (χ0) is 19.2. The average molecular weight is 367 g/mol. The second kappa shape index (κ2) is 5.94. The molecule has 1 aliphatic heterocycles. The van der Waals surface area contributed by atoms with Crippen LogP contribution in [0.2, 0.25) is 0 Å². The summed E-state index contributed by atoms with van der Waals surface area (Å²) in [5.74, 6) is -4.76. The number of hydroxylamine groups is 2. The molecule has 0 fully saturated rings. The quantitative estimate of drug-likeness (QED) is 0.602. The number of carbonyl (C=O) groups is 3. The van der Waals surface area contributed by atoms with Crippen LogP contribution < -0.4 is 0 Å². The first-order valence-corrected chi connectivity index (χ1v) is 7.19. The number of rotatable bonds is 2. The van der Waals surface area contributed by atoms with Crippen molar-refractivity contribution >= 4 is 17.8 Å². The normalized spacial score (nSPS) is 13.8. The number of nitrogens with zero attached hydrogens (tertiary/aromatic N) is 1. The number of carbonyl (C=O) groups excluding carboxylic acids is 3. The molecule has 3 rings (SSSR count). The van der Waals surface area contributed by atoms with Crippen LogP contribution in [0.15, 0.2) is 36.4 Å². The van der Waals surface area contributed by atoms with E-state index in [1.54, 1.807) is 0 Å². The van der Waals surface area contributed by atoms with E-state index < -0.39 is 46.5 Å². The van der Waals surface area contributed by atoms with Crippen LogP contribution in [0.4, 0.5) is 17.6 Å².